The molecule has 0 spiro atoms. The molecule has 2 N–H and O–H groups in total. The molecule has 0 aromatic heterocycles. The zero-order chi connectivity index (χ0) is 15.5. The summed E-state index contributed by atoms with van der Waals surface area (Å²) in [5, 5.41) is 0. The van der Waals surface area contributed by atoms with E-state index < -0.39 is 12.7 Å². The normalized spacial score (nSPS) is 16.0. The van der Waals surface area contributed by atoms with E-state index >= 15 is 0 Å². The molecule has 1 saturated heterocycles. The van der Waals surface area contributed by atoms with E-state index in [0.29, 0.717) is 37.3 Å². The van der Waals surface area contributed by atoms with Crippen LogP contribution in [0.5, 0.6) is 0 Å². The number of alkyl halides is 3. The summed E-state index contributed by atoms with van der Waals surface area (Å²) in [6, 6.07) is 6.62. The maximum Gasteiger partial charge on any atom is 0.401 e. The number of nitrogens with zero attached hydrogens (tertiary/aromatic N) is 2. The molecule has 1 fully saturated rings. The van der Waals surface area contributed by atoms with Gasteiger partial charge in [-0.15, -0.1) is 24.8 Å². The Morgan fingerprint density at radius 3 is 2.43 bits per heavy atom. The fourth-order valence-corrected chi connectivity index (χ4v) is 2.44. The van der Waals surface area contributed by atoms with Gasteiger partial charge in [0.25, 0.3) is 5.91 Å². The quantitative estimate of drug-likeness (QED) is 0.810. The van der Waals surface area contributed by atoms with E-state index in [0.717, 1.165) is 0 Å². The van der Waals surface area contributed by atoms with Crippen LogP contribution in [0.1, 0.15) is 16.8 Å². The minimum Gasteiger partial charge on any atom is -0.399 e. The molecule has 1 aliphatic heterocycles. The van der Waals surface area contributed by atoms with Crippen molar-refractivity contribution in [3.63, 3.8) is 0 Å². The topological polar surface area (TPSA) is 49.6 Å². The van der Waals surface area contributed by atoms with Crippen LogP contribution in [0, 0.1) is 0 Å². The molecule has 132 valence electrons. The van der Waals surface area contributed by atoms with Gasteiger partial charge in [-0.05, 0) is 24.6 Å². The van der Waals surface area contributed by atoms with Crippen molar-refractivity contribution in [2.45, 2.75) is 12.6 Å². The highest BCUT2D eigenvalue weighted by Gasteiger charge is 2.31. The third-order valence-electron chi connectivity index (χ3n) is 3.41. The molecular formula is C14H20Cl2F3N3O. The summed E-state index contributed by atoms with van der Waals surface area (Å²) < 4.78 is 37.2. The molecule has 1 aliphatic rings. The van der Waals surface area contributed by atoms with E-state index in [-0.39, 0.29) is 37.3 Å². The van der Waals surface area contributed by atoms with Crippen LogP contribution in [0.4, 0.5) is 18.9 Å². The molecule has 0 bridgehead atoms. The summed E-state index contributed by atoms with van der Waals surface area (Å²) >= 11 is 0. The van der Waals surface area contributed by atoms with Gasteiger partial charge in [-0.2, -0.15) is 13.2 Å². The number of halogens is 5. The van der Waals surface area contributed by atoms with Gasteiger partial charge in [0, 0.05) is 37.4 Å². The minimum atomic E-state index is -4.20. The molecule has 9 heteroatoms. The fraction of sp³-hybridized carbons (Fsp3) is 0.500. The Hall–Kier alpha value is -1.18. The molecule has 0 unspecified atom stereocenters. The van der Waals surface area contributed by atoms with Gasteiger partial charge in [0.1, 0.15) is 0 Å². The lowest BCUT2D eigenvalue weighted by molar-refractivity contribution is -0.145. The second-order valence-electron chi connectivity index (χ2n) is 5.16. The van der Waals surface area contributed by atoms with Crippen molar-refractivity contribution in [1.82, 2.24) is 9.80 Å². The van der Waals surface area contributed by atoms with E-state index in [1.165, 1.54) is 4.90 Å². The van der Waals surface area contributed by atoms with Crippen molar-refractivity contribution in [2.75, 3.05) is 38.5 Å². The number of carbonyl (C=O) groups is 1. The van der Waals surface area contributed by atoms with Crippen LogP contribution in [0.25, 0.3) is 0 Å². The Kier molecular flexibility index (Phi) is 8.73. The van der Waals surface area contributed by atoms with Crippen LogP contribution in [0.2, 0.25) is 0 Å². The third kappa shape index (κ3) is 6.85. The Balaban J connectivity index is 0.00000242. The SMILES string of the molecule is Cl.Cl.Nc1cccc(C(=O)N2CCCN(CC(F)(F)F)CC2)c1. The Bertz CT molecular complexity index is 514. The van der Waals surface area contributed by atoms with Gasteiger partial charge in [0.05, 0.1) is 6.54 Å². The van der Waals surface area contributed by atoms with Crippen LogP contribution in [0.3, 0.4) is 0 Å². The van der Waals surface area contributed by atoms with E-state index in [1.54, 1.807) is 29.2 Å². The number of benzene rings is 1. The van der Waals surface area contributed by atoms with E-state index in [4.69, 9.17) is 5.73 Å². The lowest BCUT2D eigenvalue weighted by atomic mass is 10.1. The van der Waals surface area contributed by atoms with Crippen molar-refractivity contribution in [3.05, 3.63) is 29.8 Å². The fourth-order valence-electron chi connectivity index (χ4n) is 2.44. The smallest absolute Gasteiger partial charge is 0.399 e. The second kappa shape index (κ2) is 9.20. The molecule has 1 amide bonds. The van der Waals surface area contributed by atoms with Crippen molar-refractivity contribution in [2.24, 2.45) is 0 Å². The van der Waals surface area contributed by atoms with Crippen molar-refractivity contribution < 1.29 is 18.0 Å². The monoisotopic (exact) mass is 373 g/mol. The van der Waals surface area contributed by atoms with E-state index in [2.05, 4.69) is 0 Å². The molecule has 1 aromatic rings. The number of nitrogen functional groups attached to an aromatic ring is 1. The average Bonchev–Trinajstić information content (AvgIpc) is 2.61. The second-order valence-corrected chi connectivity index (χ2v) is 5.16. The van der Waals surface area contributed by atoms with E-state index in [9.17, 15) is 18.0 Å². The first-order valence-corrected chi connectivity index (χ1v) is 6.79. The zero-order valence-electron chi connectivity index (χ0n) is 12.4. The van der Waals surface area contributed by atoms with E-state index in [1.807, 2.05) is 0 Å². The number of rotatable bonds is 2. The molecular weight excluding hydrogens is 354 g/mol. The van der Waals surface area contributed by atoms with Gasteiger partial charge < -0.3 is 10.6 Å². The van der Waals surface area contributed by atoms with Crippen LogP contribution >= 0.6 is 24.8 Å². The molecule has 1 aromatic carbocycles. The number of amides is 1. The largest absolute Gasteiger partial charge is 0.401 e. The lowest BCUT2D eigenvalue weighted by Gasteiger charge is -2.23. The Morgan fingerprint density at radius 2 is 1.83 bits per heavy atom. The number of carbonyl (C=O) groups excluding carboxylic acids is 1. The predicted molar refractivity (Wildman–Crippen MR) is 88.4 cm³/mol. The molecule has 0 aliphatic carbocycles. The molecule has 0 atom stereocenters. The Morgan fingerprint density at radius 1 is 1.13 bits per heavy atom. The van der Waals surface area contributed by atoms with Crippen LogP contribution < -0.4 is 5.73 Å². The molecule has 0 saturated carbocycles. The average molecular weight is 374 g/mol. The van der Waals surface area contributed by atoms with Crippen LogP contribution in [-0.4, -0.2) is 54.6 Å². The number of hydrogen-bond donors (Lipinski definition) is 1. The summed E-state index contributed by atoms with van der Waals surface area (Å²) in [6.45, 7) is 0.410. The number of nitrogens with two attached hydrogens (primary N) is 1. The minimum absolute atomic E-state index is 0. The van der Waals surface area contributed by atoms with Crippen molar-refractivity contribution in [1.29, 1.82) is 0 Å². The van der Waals surface area contributed by atoms with Gasteiger partial charge in [0.15, 0.2) is 0 Å². The molecule has 23 heavy (non-hydrogen) atoms. The Labute approximate surface area is 145 Å². The van der Waals surface area contributed by atoms with Gasteiger partial charge in [-0.3, -0.25) is 9.69 Å². The van der Waals surface area contributed by atoms with Crippen molar-refractivity contribution >= 4 is 36.4 Å². The first-order chi connectivity index (χ1) is 9.85. The molecule has 1 heterocycles. The van der Waals surface area contributed by atoms with Crippen molar-refractivity contribution in [3.8, 4) is 0 Å². The number of hydrogen-bond acceptors (Lipinski definition) is 3. The molecule has 0 radical (unpaired) electrons. The first-order valence-electron chi connectivity index (χ1n) is 6.79. The highest BCUT2D eigenvalue weighted by atomic mass is 35.5. The van der Waals surface area contributed by atoms with Gasteiger partial charge in [-0.1, -0.05) is 6.07 Å². The summed E-state index contributed by atoms with van der Waals surface area (Å²) in [5.41, 5.74) is 6.61. The highest BCUT2D eigenvalue weighted by Crippen LogP contribution is 2.18. The summed E-state index contributed by atoms with van der Waals surface area (Å²) in [7, 11) is 0. The number of anilines is 1. The summed E-state index contributed by atoms with van der Waals surface area (Å²) in [6.07, 6.45) is -3.67. The first kappa shape index (κ1) is 21.8. The maximum absolute atomic E-state index is 12.4. The van der Waals surface area contributed by atoms with Gasteiger partial charge >= 0.3 is 6.18 Å². The maximum atomic E-state index is 12.4. The third-order valence-corrected chi connectivity index (χ3v) is 3.41. The van der Waals surface area contributed by atoms with Gasteiger partial charge in [-0.25, -0.2) is 0 Å². The van der Waals surface area contributed by atoms with Crippen LogP contribution in [-0.2, 0) is 0 Å². The summed E-state index contributed by atoms with van der Waals surface area (Å²) in [4.78, 5) is 15.3. The lowest BCUT2D eigenvalue weighted by Crippen LogP contribution is -2.38. The van der Waals surface area contributed by atoms with Gasteiger partial charge in [0.2, 0.25) is 0 Å². The summed E-state index contributed by atoms with van der Waals surface area (Å²) in [5.74, 6) is -0.184. The highest BCUT2D eigenvalue weighted by molar-refractivity contribution is 5.95. The molecule has 2 rings (SSSR count). The standard InChI is InChI=1S/C14H18F3N3O.2ClH/c15-14(16,17)10-19-5-2-6-20(8-7-19)13(21)11-3-1-4-12(18)9-11;;/h1,3-4,9H,2,5-8,10,18H2;2*1H. The van der Waals surface area contributed by atoms with Crippen LogP contribution in [0.15, 0.2) is 24.3 Å². The molecule has 4 nitrogen and oxygen atoms in total. The zero-order valence-corrected chi connectivity index (χ0v) is 14.0. The predicted octanol–water partition coefficient (Wildman–Crippen LogP) is 2.82.